The minimum Gasteiger partial charge on any atom is -0.335 e. The fraction of sp³-hybridized carbons (Fsp3) is 0.273. The van der Waals surface area contributed by atoms with Crippen LogP contribution in [-0.4, -0.2) is 26.0 Å². The van der Waals surface area contributed by atoms with Crippen molar-refractivity contribution in [2.45, 2.75) is 12.1 Å². The highest BCUT2D eigenvalue weighted by molar-refractivity contribution is 7.98. The van der Waals surface area contributed by atoms with Crippen LogP contribution in [0.1, 0.15) is 5.69 Å². The van der Waals surface area contributed by atoms with Crippen molar-refractivity contribution in [3.8, 4) is 0 Å². The van der Waals surface area contributed by atoms with Crippen molar-refractivity contribution >= 4 is 23.3 Å². The first-order valence-corrected chi connectivity index (χ1v) is 6.51. The molecule has 0 radical (unpaired) electrons. The third-order valence-corrected chi connectivity index (χ3v) is 2.83. The molecule has 0 fully saturated rings. The normalized spacial score (nSPS) is 10.4. The SMILES string of the molecule is CSc1nccc(Nc2cc(C)nn(C)c2=O)n1. The van der Waals surface area contributed by atoms with E-state index < -0.39 is 0 Å². The van der Waals surface area contributed by atoms with E-state index in [9.17, 15) is 4.79 Å². The molecule has 18 heavy (non-hydrogen) atoms. The van der Waals surface area contributed by atoms with E-state index in [1.165, 1.54) is 16.4 Å². The number of hydrogen-bond donors (Lipinski definition) is 1. The van der Waals surface area contributed by atoms with Crippen LogP contribution in [0.2, 0.25) is 0 Å². The molecule has 0 bridgehead atoms. The molecule has 2 heterocycles. The molecule has 0 saturated carbocycles. The van der Waals surface area contributed by atoms with Gasteiger partial charge < -0.3 is 5.32 Å². The maximum absolute atomic E-state index is 11.9. The highest BCUT2D eigenvalue weighted by Crippen LogP contribution is 2.14. The van der Waals surface area contributed by atoms with Crippen LogP contribution >= 0.6 is 11.8 Å². The molecule has 0 aliphatic rings. The van der Waals surface area contributed by atoms with E-state index in [1.807, 2.05) is 13.2 Å². The average Bonchev–Trinajstić information content (AvgIpc) is 2.35. The second-order valence-electron chi connectivity index (χ2n) is 3.68. The molecule has 2 rings (SSSR count). The summed E-state index contributed by atoms with van der Waals surface area (Å²) >= 11 is 1.45. The molecule has 0 atom stereocenters. The Bertz CT molecular complexity index is 625. The highest BCUT2D eigenvalue weighted by atomic mass is 32.2. The maximum atomic E-state index is 11.9. The van der Waals surface area contributed by atoms with Gasteiger partial charge in [-0.1, -0.05) is 11.8 Å². The highest BCUT2D eigenvalue weighted by Gasteiger charge is 2.05. The summed E-state index contributed by atoms with van der Waals surface area (Å²) in [5, 5.41) is 7.68. The topological polar surface area (TPSA) is 72.7 Å². The summed E-state index contributed by atoms with van der Waals surface area (Å²) in [6.07, 6.45) is 3.55. The molecule has 1 N–H and O–H groups in total. The van der Waals surface area contributed by atoms with E-state index in [0.717, 1.165) is 5.69 Å². The third kappa shape index (κ3) is 2.67. The van der Waals surface area contributed by atoms with Gasteiger partial charge in [-0.3, -0.25) is 4.79 Å². The molecular formula is C11H13N5OS. The maximum Gasteiger partial charge on any atom is 0.290 e. The first-order chi connectivity index (χ1) is 8.60. The van der Waals surface area contributed by atoms with Gasteiger partial charge in [-0.25, -0.2) is 14.6 Å². The Morgan fingerprint density at radius 2 is 2.22 bits per heavy atom. The monoisotopic (exact) mass is 263 g/mol. The van der Waals surface area contributed by atoms with Crippen LogP contribution in [0, 0.1) is 6.92 Å². The Kier molecular flexibility index (Phi) is 3.61. The van der Waals surface area contributed by atoms with Gasteiger partial charge in [0.1, 0.15) is 11.5 Å². The Morgan fingerprint density at radius 3 is 2.94 bits per heavy atom. The van der Waals surface area contributed by atoms with Gasteiger partial charge in [-0.15, -0.1) is 0 Å². The van der Waals surface area contributed by atoms with Crippen LogP contribution in [0.25, 0.3) is 0 Å². The van der Waals surface area contributed by atoms with Crippen LogP contribution in [0.15, 0.2) is 28.3 Å². The van der Waals surface area contributed by atoms with Crippen molar-refractivity contribution in [1.29, 1.82) is 0 Å². The fourth-order valence-electron chi connectivity index (χ4n) is 1.49. The van der Waals surface area contributed by atoms with Crippen LogP contribution in [0.4, 0.5) is 11.5 Å². The molecule has 94 valence electrons. The number of nitrogens with one attached hydrogen (secondary N) is 1. The van der Waals surface area contributed by atoms with Crippen molar-refractivity contribution in [1.82, 2.24) is 19.7 Å². The van der Waals surface area contributed by atoms with Crippen molar-refractivity contribution in [2.24, 2.45) is 7.05 Å². The first-order valence-electron chi connectivity index (χ1n) is 5.29. The largest absolute Gasteiger partial charge is 0.335 e. The molecule has 2 aromatic rings. The average molecular weight is 263 g/mol. The van der Waals surface area contributed by atoms with E-state index >= 15 is 0 Å². The second-order valence-corrected chi connectivity index (χ2v) is 4.46. The summed E-state index contributed by atoms with van der Waals surface area (Å²) < 4.78 is 1.30. The number of thioether (sulfide) groups is 1. The summed E-state index contributed by atoms with van der Waals surface area (Å²) in [6, 6.07) is 3.41. The van der Waals surface area contributed by atoms with Crippen LogP contribution in [-0.2, 0) is 7.05 Å². The van der Waals surface area contributed by atoms with Gasteiger partial charge in [-0.2, -0.15) is 5.10 Å². The first kappa shape index (κ1) is 12.6. The van der Waals surface area contributed by atoms with Crippen molar-refractivity contribution in [3.05, 3.63) is 34.4 Å². The van der Waals surface area contributed by atoms with E-state index in [0.29, 0.717) is 16.7 Å². The number of nitrogens with zero attached hydrogens (tertiary/aromatic N) is 4. The molecule has 0 aromatic carbocycles. The molecule has 0 aliphatic carbocycles. The standard InChI is InChI=1S/C11H13N5OS/c1-7-6-8(10(17)16(2)15-7)13-9-4-5-12-11(14-9)18-3/h4-6H,1-3H3,(H,12,13,14). The molecule has 2 aromatic heterocycles. The Labute approximate surface area is 108 Å². The van der Waals surface area contributed by atoms with Crippen molar-refractivity contribution in [3.63, 3.8) is 0 Å². The molecule has 0 saturated heterocycles. The molecule has 0 spiro atoms. The van der Waals surface area contributed by atoms with Gasteiger partial charge in [0.2, 0.25) is 0 Å². The zero-order chi connectivity index (χ0) is 13.1. The molecular weight excluding hydrogens is 250 g/mol. The zero-order valence-corrected chi connectivity index (χ0v) is 11.2. The van der Waals surface area contributed by atoms with E-state index in [4.69, 9.17) is 0 Å². The zero-order valence-electron chi connectivity index (χ0n) is 10.3. The van der Waals surface area contributed by atoms with Gasteiger partial charge in [-0.05, 0) is 25.3 Å². The lowest BCUT2D eigenvalue weighted by atomic mass is 10.3. The summed E-state index contributed by atoms with van der Waals surface area (Å²) in [6.45, 7) is 1.83. The van der Waals surface area contributed by atoms with Crippen molar-refractivity contribution < 1.29 is 0 Å². The van der Waals surface area contributed by atoms with Gasteiger partial charge in [0, 0.05) is 13.2 Å². The van der Waals surface area contributed by atoms with Gasteiger partial charge in [0.25, 0.3) is 5.56 Å². The molecule has 0 amide bonds. The Morgan fingerprint density at radius 1 is 1.44 bits per heavy atom. The summed E-state index contributed by atoms with van der Waals surface area (Å²) in [5.74, 6) is 0.594. The minimum absolute atomic E-state index is 0.190. The summed E-state index contributed by atoms with van der Waals surface area (Å²) in [7, 11) is 1.62. The van der Waals surface area contributed by atoms with Crippen LogP contribution < -0.4 is 10.9 Å². The number of rotatable bonds is 3. The number of aryl methyl sites for hydroxylation is 2. The van der Waals surface area contributed by atoms with E-state index in [2.05, 4.69) is 20.4 Å². The number of anilines is 2. The molecule has 6 nitrogen and oxygen atoms in total. The lowest BCUT2D eigenvalue weighted by Gasteiger charge is -2.07. The van der Waals surface area contributed by atoms with Gasteiger partial charge in [0.05, 0.1) is 5.69 Å². The Hall–Kier alpha value is -1.89. The molecule has 7 heteroatoms. The lowest BCUT2D eigenvalue weighted by Crippen LogP contribution is -2.23. The van der Waals surface area contributed by atoms with Gasteiger partial charge in [0.15, 0.2) is 5.16 Å². The van der Waals surface area contributed by atoms with Crippen LogP contribution in [0.3, 0.4) is 0 Å². The van der Waals surface area contributed by atoms with Crippen molar-refractivity contribution in [2.75, 3.05) is 11.6 Å². The number of aromatic nitrogens is 4. The summed E-state index contributed by atoms with van der Waals surface area (Å²) in [4.78, 5) is 20.2. The quantitative estimate of drug-likeness (QED) is 0.665. The lowest BCUT2D eigenvalue weighted by molar-refractivity contribution is 0.695. The molecule has 0 aliphatic heterocycles. The predicted molar refractivity (Wildman–Crippen MR) is 71.3 cm³/mol. The summed E-state index contributed by atoms with van der Waals surface area (Å²) in [5.41, 5.74) is 1.03. The van der Waals surface area contributed by atoms with E-state index in [-0.39, 0.29) is 5.56 Å². The van der Waals surface area contributed by atoms with Crippen LogP contribution in [0.5, 0.6) is 0 Å². The minimum atomic E-state index is -0.190. The van der Waals surface area contributed by atoms with Gasteiger partial charge >= 0.3 is 0 Å². The fourth-order valence-corrected chi connectivity index (χ4v) is 1.85. The molecule has 0 unspecified atom stereocenters. The second kappa shape index (κ2) is 5.18. The smallest absolute Gasteiger partial charge is 0.290 e. The number of hydrogen-bond acceptors (Lipinski definition) is 6. The third-order valence-electron chi connectivity index (χ3n) is 2.26. The predicted octanol–water partition coefficient (Wildman–Crippen LogP) is 1.34. The van der Waals surface area contributed by atoms with E-state index in [1.54, 1.807) is 25.4 Å². The Balaban J connectivity index is 2.36.